The fraction of sp³-hybridized carbons (Fsp3) is 0.375. The molecule has 0 aromatic heterocycles. The number of hydrogen-bond acceptors (Lipinski definition) is 4. The van der Waals surface area contributed by atoms with Crippen molar-refractivity contribution in [3.63, 3.8) is 0 Å². The molecule has 0 aliphatic heterocycles. The Morgan fingerprint density at radius 2 is 1.46 bits per heavy atom. The van der Waals surface area contributed by atoms with E-state index in [1.807, 2.05) is 26.0 Å². The maximum Gasteiger partial charge on any atom is 0.251 e. The minimum absolute atomic E-state index is 0.0148. The lowest BCUT2D eigenvalue weighted by atomic mass is 9.92. The van der Waals surface area contributed by atoms with Crippen LogP contribution in [0.4, 0.5) is 8.78 Å². The molecule has 0 fully saturated rings. The van der Waals surface area contributed by atoms with E-state index >= 15 is 0 Å². The highest BCUT2D eigenvalue weighted by Crippen LogP contribution is 2.18. The Morgan fingerprint density at radius 1 is 0.821 bits per heavy atom. The molecule has 0 radical (unpaired) electrons. The van der Waals surface area contributed by atoms with Gasteiger partial charge in [-0.25, -0.2) is 8.78 Å². The number of Topliss-reactive ketones (excluding diaryl/α,β-unsaturated/α-hetero) is 1. The number of aryl methyl sites for hydroxylation is 1. The van der Waals surface area contributed by atoms with E-state index in [1.165, 1.54) is 17.7 Å². The molecule has 0 saturated carbocycles. The van der Waals surface area contributed by atoms with Crippen LogP contribution in [0.5, 0.6) is 0 Å². The van der Waals surface area contributed by atoms with Crippen molar-refractivity contribution in [1.82, 2.24) is 10.6 Å². The molecule has 0 spiro atoms. The van der Waals surface area contributed by atoms with Crippen LogP contribution in [0.1, 0.15) is 71.0 Å². The summed E-state index contributed by atoms with van der Waals surface area (Å²) in [6.07, 6.45) is 1.30. The lowest BCUT2D eigenvalue weighted by Crippen LogP contribution is -2.48. The molecule has 1 amide bonds. The largest absolute Gasteiger partial charge is 0.390 e. The summed E-state index contributed by atoms with van der Waals surface area (Å²) in [7, 11) is 0. The van der Waals surface area contributed by atoms with Gasteiger partial charge in [0.2, 0.25) is 0 Å². The van der Waals surface area contributed by atoms with Gasteiger partial charge in [0.1, 0.15) is 11.6 Å². The molecule has 3 aromatic rings. The number of nitrogens with one attached hydrogen (secondary N) is 2. The Morgan fingerprint density at radius 3 is 2.13 bits per heavy atom. The van der Waals surface area contributed by atoms with Crippen molar-refractivity contribution in [1.29, 1.82) is 0 Å². The summed E-state index contributed by atoms with van der Waals surface area (Å²) in [5.74, 6) is -2.08. The second kappa shape index (κ2) is 14.7. The van der Waals surface area contributed by atoms with E-state index in [4.69, 9.17) is 0 Å². The van der Waals surface area contributed by atoms with Crippen LogP contribution in [-0.2, 0) is 19.4 Å². The highest BCUT2D eigenvalue weighted by molar-refractivity contribution is 6.01. The molecule has 0 unspecified atom stereocenters. The van der Waals surface area contributed by atoms with Crippen LogP contribution in [0.25, 0.3) is 0 Å². The number of halogens is 2. The maximum absolute atomic E-state index is 13.9. The maximum atomic E-state index is 13.9. The van der Waals surface area contributed by atoms with Crippen molar-refractivity contribution in [2.45, 2.75) is 65.1 Å². The van der Waals surface area contributed by atoms with Crippen LogP contribution in [0.15, 0.2) is 66.7 Å². The van der Waals surface area contributed by atoms with Crippen LogP contribution < -0.4 is 10.6 Å². The number of carbonyl (C=O) groups is 2. The minimum atomic E-state index is -1.05. The molecule has 7 heteroatoms. The van der Waals surface area contributed by atoms with E-state index in [0.29, 0.717) is 30.5 Å². The van der Waals surface area contributed by atoms with Crippen molar-refractivity contribution in [2.75, 3.05) is 6.54 Å². The highest BCUT2D eigenvalue weighted by atomic mass is 19.1. The van der Waals surface area contributed by atoms with Gasteiger partial charge >= 0.3 is 0 Å². The fourth-order valence-corrected chi connectivity index (χ4v) is 4.69. The molecule has 39 heavy (non-hydrogen) atoms. The Bertz CT molecular complexity index is 1240. The predicted molar refractivity (Wildman–Crippen MR) is 150 cm³/mol. The van der Waals surface area contributed by atoms with Gasteiger partial charge < -0.3 is 15.7 Å². The summed E-state index contributed by atoms with van der Waals surface area (Å²) in [4.78, 5) is 26.1. The van der Waals surface area contributed by atoms with E-state index < -0.39 is 29.7 Å². The summed E-state index contributed by atoms with van der Waals surface area (Å²) in [5.41, 5.74) is 3.31. The number of ketones is 1. The van der Waals surface area contributed by atoms with Crippen molar-refractivity contribution in [3.05, 3.63) is 106 Å². The third-order valence-corrected chi connectivity index (χ3v) is 7.01. The molecule has 0 aliphatic rings. The predicted octanol–water partition coefficient (Wildman–Crippen LogP) is 5.64. The number of aliphatic hydroxyl groups is 1. The zero-order valence-electron chi connectivity index (χ0n) is 22.8. The van der Waals surface area contributed by atoms with Crippen LogP contribution in [0, 0.1) is 17.6 Å². The lowest BCUT2D eigenvalue weighted by molar-refractivity contribution is 0.0829. The highest BCUT2D eigenvalue weighted by Gasteiger charge is 2.24. The van der Waals surface area contributed by atoms with Crippen molar-refractivity contribution >= 4 is 11.7 Å². The molecule has 3 aromatic carbocycles. The van der Waals surface area contributed by atoms with Gasteiger partial charge in [-0.05, 0) is 66.6 Å². The first-order valence-corrected chi connectivity index (χ1v) is 13.6. The normalized spacial score (nSPS) is 12.8. The lowest BCUT2D eigenvalue weighted by Gasteiger charge is -2.25. The quantitative estimate of drug-likeness (QED) is 0.233. The van der Waals surface area contributed by atoms with Gasteiger partial charge in [-0.1, -0.05) is 57.2 Å². The van der Waals surface area contributed by atoms with Gasteiger partial charge in [0.15, 0.2) is 5.78 Å². The third-order valence-electron chi connectivity index (χ3n) is 7.01. The Labute approximate surface area is 229 Å². The van der Waals surface area contributed by atoms with Gasteiger partial charge in [-0.3, -0.25) is 9.59 Å². The van der Waals surface area contributed by atoms with Crippen LogP contribution in [0.2, 0.25) is 0 Å². The zero-order chi connectivity index (χ0) is 28.4. The number of rotatable bonds is 14. The average molecular weight is 537 g/mol. The van der Waals surface area contributed by atoms with E-state index in [0.717, 1.165) is 18.1 Å². The monoisotopic (exact) mass is 536 g/mol. The van der Waals surface area contributed by atoms with Crippen molar-refractivity contribution in [2.24, 2.45) is 5.92 Å². The summed E-state index contributed by atoms with van der Waals surface area (Å²) in [6.45, 7) is 6.65. The fourth-order valence-electron chi connectivity index (χ4n) is 4.69. The Balaban J connectivity index is 1.76. The van der Waals surface area contributed by atoms with Gasteiger partial charge in [-0.2, -0.15) is 0 Å². The summed E-state index contributed by atoms with van der Waals surface area (Å²) < 4.78 is 27.7. The molecule has 0 bridgehead atoms. The summed E-state index contributed by atoms with van der Waals surface area (Å²) in [6, 6.07) is 16.9. The summed E-state index contributed by atoms with van der Waals surface area (Å²) >= 11 is 0. The number of carbonyl (C=O) groups excluding carboxylic acids is 2. The molecule has 208 valence electrons. The van der Waals surface area contributed by atoms with E-state index in [2.05, 4.69) is 29.7 Å². The second-order valence-corrected chi connectivity index (χ2v) is 9.89. The number of amides is 1. The number of benzene rings is 3. The molecule has 3 rings (SSSR count). The van der Waals surface area contributed by atoms with Crippen molar-refractivity contribution < 1.29 is 23.5 Å². The van der Waals surface area contributed by atoms with Crippen LogP contribution in [-0.4, -0.2) is 35.5 Å². The molecule has 3 N–H and O–H groups in total. The van der Waals surface area contributed by atoms with Crippen molar-refractivity contribution in [3.8, 4) is 0 Å². The molecular formula is C32H38F2N2O3. The van der Waals surface area contributed by atoms with Gasteiger partial charge in [0.25, 0.3) is 5.91 Å². The topological polar surface area (TPSA) is 78.4 Å². The standard InChI is InChI=1S/C32H38F2N2O3/c1-4-21-9-7-10-22(13-21)19-35-20-30(37)29(16-23-14-27(33)18-28(34)15-23)36-32(39)26-12-8-11-25(17-26)31(38)24(5-2)6-3/h7-15,17-18,24,29-30,35,37H,4-6,16,19-20H2,1-3H3,(H,36,39)/t29-,30+/m0/s1. The Kier molecular flexibility index (Phi) is 11.3. The third kappa shape index (κ3) is 8.80. The molecular weight excluding hydrogens is 498 g/mol. The van der Waals surface area contributed by atoms with Gasteiger partial charge in [0, 0.05) is 36.2 Å². The van der Waals surface area contributed by atoms with Crippen LogP contribution in [0.3, 0.4) is 0 Å². The summed E-state index contributed by atoms with van der Waals surface area (Å²) in [5, 5.41) is 17.1. The molecule has 5 nitrogen and oxygen atoms in total. The molecule has 0 heterocycles. The second-order valence-electron chi connectivity index (χ2n) is 9.89. The number of hydrogen-bond donors (Lipinski definition) is 3. The van der Waals surface area contributed by atoms with Crippen LogP contribution >= 0.6 is 0 Å². The Hall–Kier alpha value is -3.42. The van der Waals surface area contributed by atoms with E-state index in [1.54, 1.807) is 24.3 Å². The first kappa shape index (κ1) is 30.1. The van der Waals surface area contributed by atoms with E-state index in [9.17, 15) is 23.5 Å². The smallest absolute Gasteiger partial charge is 0.251 e. The zero-order valence-corrected chi connectivity index (χ0v) is 22.8. The first-order valence-electron chi connectivity index (χ1n) is 13.6. The molecule has 0 aliphatic carbocycles. The first-order chi connectivity index (χ1) is 18.7. The molecule has 0 saturated heterocycles. The average Bonchev–Trinajstić information content (AvgIpc) is 2.92. The SMILES string of the molecule is CCc1cccc(CNC[C@@H](O)[C@H](Cc2cc(F)cc(F)c2)NC(=O)c2cccc(C(=O)C(CC)CC)c2)c1. The van der Waals surface area contributed by atoms with E-state index in [-0.39, 0.29) is 30.2 Å². The van der Waals surface area contributed by atoms with Gasteiger partial charge in [-0.15, -0.1) is 0 Å². The molecule has 2 atom stereocenters. The number of aliphatic hydroxyl groups excluding tert-OH is 1. The minimum Gasteiger partial charge on any atom is -0.390 e. The van der Waals surface area contributed by atoms with Gasteiger partial charge in [0.05, 0.1) is 12.1 Å².